The molecule has 0 spiro atoms. The molecule has 0 atom stereocenters. The number of rotatable bonds is 4. The van der Waals surface area contributed by atoms with E-state index >= 15 is 0 Å². The summed E-state index contributed by atoms with van der Waals surface area (Å²) >= 11 is 3.32. The van der Waals surface area contributed by atoms with Gasteiger partial charge in [0.2, 0.25) is 0 Å². The second kappa shape index (κ2) is 6.29. The summed E-state index contributed by atoms with van der Waals surface area (Å²) < 4.78 is 0.942. The van der Waals surface area contributed by atoms with Gasteiger partial charge in [0, 0.05) is 28.7 Å². The van der Waals surface area contributed by atoms with Crippen LogP contribution in [0, 0.1) is 0 Å². The lowest BCUT2D eigenvalue weighted by atomic mass is 10.1. The second-order valence-corrected chi connectivity index (χ2v) is 4.88. The summed E-state index contributed by atoms with van der Waals surface area (Å²) in [7, 11) is 0. The average Bonchev–Trinajstić information content (AvgIpc) is 2.39. The van der Waals surface area contributed by atoms with E-state index in [4.69, 9.17) is 0 Å². The van der Waals surface area contributed by atoms with E-state index in [0.29, 0.717) is 11.3 Å². The lowest BCUT2D eigenvalue weighted by Crippen LogP contribution is -1.98. The van der Waals surface area contributed by atoms with E-state index in [1.54, 1.807) is 42.6 Å². The molecule has 1 N–H and O–H groups in total. The molecule has 4 heteroatoms. The molecule has 0 fully saturated rings. The summed E-state index contributed by atoms with van der Waals surface area (Å²) in [5.41, 5.74) is 1.29. The maximum atomic E-state index is 11.9. The van der Waals surface area contributed by atoms with Gasteiger partial charge in [0.05, 0.1) is 5.69 Å². The molecular formula is C15H12BrNO2. The molecule has 0 aliphatic heterocycles. The fraction of sp³-hybridized carbons (Fsp3) is 0.0667. The number of phenolic OH excluding ortho intramolecular Hbond substituents is 1. The number of nitrogens with zero attached hydrogens (tertiary/aromatic N) is 1. The lowest BCUT2D eigenvalue weighted by Gasteiger charge is -1.98. The van der Waals surface area contributed by atoms with Crippen molar-refractivity contribution in [1.29, 1.82) is 0 Å². The molecule has 0 bridgehead atoms. The topological polar surface area (TPSA) is 49.7 Å². The molecule has 0 saturated heterocycles. The third-order valence-electron chi connectivity index (χ3n) is 2.51. The number of carbonyl (C=O) groups excluding carboxylic acids is 1. The molecule has 2 aromatic rings. The SMILES string of the molecule is O=C(CC=Nc1cccc(O)c1)c1ccc(Br)cc1. The van der Waals surface area contributed by atoms with Gasteiger partial charge in [-0.1, -0.05) is 34.1 Å². The first-order valence-corrected chi connectivity index (χ1v) is 6.55. The van der Waals surface area contributed by atoms with Gasteiger partial charge in [0.1, 0.15) is 5.75 Å². The first-order chi connectivity index (χ1) is 9.15. The van der Waals surface area contributed by atoms with Gasteiger partial charge in [-0.3, -0.25) is 9.79 Å². The lowest BCUT2D eigenvalue weighted by molar-refractivity contribution is 0.100. The zero-order valence-electron chi connectivity index (χ0n) is 10.1. The van der Waals surface area contributed by atoms with Crippen molar-refractivity contribution in [3.63, 3.8) is 0 Å². The maximum absolute atomic E-state index is 11.9. The molecule has 2 rings (SSSR count). The first-order valence-electron chi connectivity index (χ1n) is 5.75. The monoisotopic (exact) mass is 317 g/mol. The number of halogens is 1. The Morgan fingerprint density at radius 1 is 1.21 bits per heavy atom. The van der Waals surface area contributed by atoms with Gasteiger partial charge in [-0.2, -0.15) is 0 Å². The van der Waals surface area contributed by atoms with E-state index in [0.717, 1.165) is 4.47 Å². The number of aliphatic imine (C=N–C) groups is 1. The number of ketones is 1. The second-order valence-electron chi connectivity index (χ2n) is 3.97. The number of hydrogen-bond donors (Lipinski definition) is 1. The minimum absolute atomic E-state index is 0.0106. The fourth-order valence-electron chi connectivity index (χ4n) is 1.56. The zero-order chi connectivity index (χ0) is 13.7. The highest BCUT2D eigenvalue weighted by Crippen LogP contribution is 2.18. The van der Waals surface area contributed by atoms with Crippen LogP contribution in [-0.4, -0.2) is 17.1 Å². The minimum Gasteiger partial charge on any atom is -0.508 e. The van der Waals surface area contributed by atoms with E-state index in [1.807, 2.05) is 12.1 Å². The summed E-state index contributed by atoms with van der Waals surface area (Å²) in [5, 5.41) is 9.28. The zero-order valence-corrected chi connectivity index (χ0v) is 11.7. The van der Waals surface area contributed by atoms with Crippen LogP contribution in [0.15, 0.2) is 58.0 Å². The average molecular weight is 318 g/mol. The number of hydrogen-bond acceptors (Lipinski definition) is 3. The van der Waals surface area contributed by atoms with Crippen LogP contribution in [0.25, 0.3) is 0 Å². The van der Waals surface area contributed by atoms with Crippen molar-refractivity contribution >= 4 is 33.6 Å². The Hall–Kier alpha value is -1.94. The molecule has 0 aliphatic rings. The third kappa shape index (κ3) is 4.03. The van der Waals surface area contributed by atoms with Gasteiger partial charge >= 0.3 is 0 Å². The quantitative estimate of drug-likeness (QED) is 0.681. The first kappa shape index (κ1) is 13.5. The number of benzene rings is 2. The van der Waals surface area contributed by atoms with Crippen LogP contribution in [0.3, 0.4) is 0 Å². The van der Waals surface area contributed by atoms with Gasteiger partial charge in [0.25, 0.3) is 0 Å². The van der Waals surface area contributed by atoms with Gasteiger partial charge in [-0.05, 0) is 24.3 Å². The maximum Gasteiger partial charge on any atom is 0.168 e. The van der Waals surface area contributed by atoms with Crippen molar-refractivity contribution in [2.24, 2.45) is 4.99 Å². The molecular weight excluding hydrogens is 306 g/mol. The number of carbonyl (C=O) groups is 1. The molecule has 0 saturated carbocycles. The Labute approximate surface area is 119 Å². The van der Waals surface area contributed by atoms with Gasteiger partial charge in [-0.15, -0.1) is 0 Å². The van der Waals surface area contributed by atoms with Crippen LogP contribution in [0.5, 0.6) is 5.75 Å². The van der Waals surface area contributed by atoms with Gasteiger partial charge in [0.15, 0.2) is 5.78 Å². The standard InChI is InChI=1S/C15H12BrNO2/c16-12-6-4-11(5-7-12)15(19)8-9-17-13-2-1-3-14(18)10-13/h1-7,9-10,18H,8H2. The van der Waals surface area contributed by atoms with E-state index < -0.39 is 0 Å². The highest BCUT2D eigenvalue weighted by Gasteiger charge is 2.03. The van der Waals surface area contributed by atoms with E-state index in [9.17, 15) is 9.90 Å². The molecule has 0 aliphatic carbocycles. The Balaban J connectivity index is 1.98. The van der Waals surface area contributed by atoms with Crippen LogP contribution in [0.1, 0.15) is 16.8 Å². The minimum atomic E-state index is 0.0106. The van der Waals surface area contributed by atoms with Crippen LogP contribution in [0.4, 0.5) is 5.69 Å². The van der Waals surface area contributed by atoms with Crippen LogP contribution in [-0.2, 0) is 0 Å². The largest absolute Gasteiger partial charge is 0.508 e. The normalized spacial score (nSPS) is 10.8. The summed E-state index contributed by atoms with van der Waals surface area (Å²) in [6, 6.07) is 13.8. The Morgan fingerprint density at radius 2 is 1.95 bits per heavy atom. The van der Waals surface area contributed by atoms with Gasteiger partial charge in [-0.25, -0.2) is 0 Å². The van der Waals surface area contributed by atoms with Crippen LogP contribution >= 0.6 is 15.9 Å². The summed E-state index contributed by atoms with van der Waals surface area (Å²) in [6.07, 6.45) is 1.79. The Morgan fingerprint density at radius 3 is 2.63 bits per heavy atom. The predicted molar refractivity (Wildman–Crippen MR) is 79.3 cm³/mol. The smallest absolute Gasteiger partial charge is 0.168 e. The van der Waals surface area contributed by atoms with Crippen LogP contribution in [0.2, 0.25) is 0 Å². The number of Topliss-reactive ketones (excluding diaryl/α,β-unsaturated/α-hetero) is 1. The molecule has 0 radical (unpaired) electrons. The molecule has 19 heavy (non-hydrogen) atoms. The van der Waals surface area contributed by atoms with E-state index in [-0.39, 0.29) is 18.0 Å². The van der Waals surface area contributed by atoms with Gasteiger partial charge < -0.3 is 5.11 Å². The van der Waals surface area contributed by atoms with Crippen molar-refractivity contribution in [2.75, 3.05) is 0 Å². The summed E-state index contributed by atoms with van der Waals surface area (Å²) in [4.78, 5) is 16.0. The van der Waals surface area contributed by atoms with E-state index in [1.165, 1.54) is 0 Å². The van der Waals surface area contributed by atoms with E-state index in [2.05, 4.69) is 20.9 Å². The highest BCUT2D eigenvalue weighted by atomic mass is 79.9. The molecule has 0 heterocycles. The van der Waals surface area contributed by atoms with Crippen molar-refractivity contribution in [1.82, 2.24) is 0 Å². The highest BCUT2D eigenvalue weighted by molar-refractivity contribution is 9.10. The molecule has 2 aromatic carbocycles. The third-order valence-corrected chi connectivity index (χ3v) is 3.04. The van der Waals surface area contributed by atoms with Crippen molar-refractivity contribution in [3.05, 3.63) is 58.6 Å². The molecule has 96 valence electrons. The van der Waals surface area contributed by atoms with Crippen molar-refractivity contribution in [3.8, 4) is 5.75 Å². The molecule has 3 nitrogen and oxygen atoms in total. The Bertz CT molecular complexity index is 606. The van der Waals surface area contributed by atoms with Crippen molar-refractivity contribution < 1.29 is 9.90 Å². The van der Waals surface area contributed by atoms with Crippen molar-refractivity contribution in [2.45, 2.75) is 6.42 Å². The predicted octanol–water partition coefficient (Wildman–Crippen LogP) is 4.13. The summed E-state index contributed by atoms with van der Waals surface area (Å²) in [5.74, 6) is 0.172. The fourth-order valence-corrected chi connectivity index (χ4v) is 1.83. The Kier molecular flexibility index (Phi) is 4.47. The summed E-state index contributed by atoms with van der Waals surface area (Å²) in [6.45, 7) is 0. The number of phenols is 1. The number of aromatic hydroxyl groups is 1. The van der Waals surface area contributed by atoms with Crippen LogP contribution < -0.4 is 0 Å². The molecule has 0 amide bonds. The molecule has 0 aromatic heterocycles. The molecule has 0 unspecified atom stereocenters.